The predicted octanol–water partition coefficient (Wildman–Crippen LogP) is 5.17. The molecule has 0 aliphatic rings. The fraction of sp³-hybridized carbons (Fsp3) is 0.500. The van der Waals surface area contributed by atoms with Gasteiger partial charge in [0, 0.05) is 24.0 Å². The topological polar surface area (TPSA) is 84.7 Å². The molecule has 2 heterocycles. The highest BCUT2D eigenvalue weighted by atomic mass is 32.2. The second-order valence-corrected chi connectivity index (χ2v) is 7.29. The average Bonchev–Trinajstić information content (AvgIpc) is 3.24. The Kier molecular flexibility index (Phi) is 10.6. The molecule has 1 atom stereocenters. The number of nitrogens with two attached hydrogens (primary N) is 1. The lowest BCUT2D eigenvalue weighted by atomic mass is 10.0. The van der Waals surface area contributed by atoms with E-state index in [-0.39, 0.29) is 0 Å². The Morgan fingerprint density at radius 2 is 1.90 bits per heavy atom. The summed E-state index contributed by atoms with van der Waals surface area (Å²) >= 11 is 0. The number of hydrogen-bond donors (Lipinski definition) is 1. The molecule has 0 saturated carbocycles. The zero-order chi connectivity index (χ0) is 22.8. The molecule has 8 heteroatoms. The summed E-state index contributed by atoms with van der Waals surface area (Å²) in [6.07, 6.45) is 2.77. The van der Waals surface area contributed by atoms with E-state index in [1.165, 1.54) is 0 Å². The summed E-state index contributed by atoms with van der Waals surface area (Å²) in [4.78, 5) is 7.24. The molecule has 0 fully saturated rings. The molecule has 0 radical (unpaired) electrons. The van der Waals surface area contributed by atoms with Gasteiger partial charge >= 0.3 is 0 Å². The number of aryl methyl sites for hydroxylation is 1. The Morgan fingerprint density at radius 3 is 2.47 bits per heavy atom. The first-order valence-electron chi connectivity index (χ1n) is 10.7. The lowest BCUT2D eigenvalue weighted by Gasteiger charge is -2.23. The van der Waals surface area contributed by atoms with Crippen molar-refractivity contribution >= 4 is 44.9 Å². The zero-order valence-corrected chi connectivity index (χ0v) is 20.5. The molecule has 2 aromatic heterocycles. The van der Waals surface area contributed by atoms with E-state index in [1.807, 2.05) is 39.0 Å². The summed E-state index contributed by atoms with van der Waals surface area (Å²) in [5.74, 6) is 4.64. The molecule has 0 bridgehead atoms. The van der Waals surface area contributed by atoms with E-state index in [9.17, 15) is 0 Å². The number of fused-ring (bicyclic) bond motifs is 3. The Hall–Kier alpha value is -2.32. The second-order valence-electron chi connectivity index (χ2n) is 6.30. The van der Waals surface area contributed by atoms with Crippen molar-refractivity contribution in [1.29, 1.82) is 0 Å². The van der Waals surface area contributed by atoms with Crippen LogP contribution < -0.4 is 10.0 Å². The zero-order valence-electron chi connectivity index (χ0n) is 19.7. The van der Waals surface area contributed by atoms with Crippen molar-refractivity contribution < 1.29 is 0 Å². The summed E-state index contributed by atoms with van der Waals surface area (Å²) in [5.41, 5.74) is 4.58. The van der Waals surface area contributed by atoms with Crippen LogP contribution in [0.3, 0.4) is 0 Å². The van der Waals surface area contributed by atoms with Crippen molar-refractivity contribution in [3.63, 3.8) is 0 Å². The van der Waals surface area contributed by atoms with Gasteiger partial charge in [-0.3, -0.25) is 9.54 Å². The van der Waals surface area contributed by atoms with Crippen LogP contribution in [0.5, 0.6) is 0 Å². The third-order valence-electron chi connectivity index (χ3n) is 4.27. The maximum absolute atomic E-state index is 5.80. The molecule has 0 aliphatic heterocycles. The molecule has 2 N–H and O–H groups in total. The normalized spacial score (nSPS) is 12.1. The lowest BCUT2D eigenvalue weighted by molar-refractivity contribution is 0.756. The molecule has 30 heavy (non-hydrogen) atoms. The minimum absolute atomic E-state index is 0.767. The van der Waals surface area contributed by atoms with Crippen LogP contribution >= 0.6 is 10.9 Å². The quantitative estimate of drug-likeness (QED) is 0.430. The van der Waals surface area contributed by atoms with Gasteiger partial charge in [0.15, 0.2) is 5.65 Å². The molecular weight excluding hydrogens is 394 g/mol. The molecule has 3 rings (SSSR count). The second kappa shape index (κ2) is 12.4. The van der Waals surface area contributed by atoms with Crippen LogP contribution in [0.15, 0.2) is 22.9 Å². The van der Waals surface area contributed by atoms with Crippen LogP contribution in [0.1, 0.15) is 66.0 Å². The van der Waals surface area contributed by atoms with Crippen molar-refractivity contribution in [3.05, 3.63) is 29.6 Å². The number of benzene rings is 1. The minimum Gasteiger partial charge on any atom is -0.342 e. The van der Waals surface area contributed by atoms with E-state index in [4.69, 9.17) is 10.1 Å². The van der Waals surface area contributed by atoms with Gasteiger partial charge in [0.05, 0.1) is 11.2 Å². The third-order valence-corrected chi connectivity index (χ3v) is 4.78. The molecule has 7 nitrogen and oxygen atoms in total. The van der Waals surface area contributed by atoms with E-state index in [0.717, 1.165) is 58.8 Å². The van der Waals surface area contributed by atoms with Crippen molar-refractivity contribution in [1.82, 2.24) is 19.6 Å². The van der Waals surface area contributed by atoms with Crippen LogP contribution in [-0.2, 0) is 0 Å². The van der Waals surface area contributed by atoms with Gasteiger partial charge < -0.3 is 4.90 Å². The van der Waals surface area contributed by atoms with Crippen LogP contribution in [0.4, 0.5) is 5.95 Å². The third kappa shape index (κ3) is 5.64. The highest BCUT2D eigenvalue weighted by Crippen LogP contribution is 2.27. The van der Waals surface area contributed by atoms with Crippen molar-refractivity contribution in [3.8, 4) is 0 Å². The fourth-order valence-corrected chi connectivity index (χ4v) is 3.63. The van der Waals surface area contributed by atoms with Gasteiger partial charge in [-0.2, -0.15) is 0 Å². The van der Waals surface area contributed by atoms with Gasteiger partial charge in [-0.1, -0.05) is 34.6 Å². The standard InChI is InChI=1S/C18H25N7S.2C2H6/c1-6-8-24(7-2)18-21-16-14(13(4)23-26(5)19)9-12(3)10-15(16)17-22-20-11-25(17)18;2*1-2/h9-11H,5-8,19H2,1-4H3;2*1-2H3/b23-13-;;. The highest BCUT2D eigenvalue weighted by molar-refractivity contribution is 8.11. The maximum Gasteiger partial charge on any atom is 0.213 e. The Balaban J connectivity index is 0.00000106. The Morgan fingerprint density at radius 1 is 1.23 bits per heavy atom. The van der Waals surface area contributed by atoms with E-state index >= 15 is 0 Å². The number of hydrogen-bond acceptors (Lipinski definition) is 6. The van der Waals surface area contributed by atoms with Gasteiger partial charge in [-0.25, -0.2) is 9.38 Å². The smallest absolute Gasteiger partial charge is 0.213 e. The van der Waals surface area contributed by atoms with Crippen molar-refractivity contribution in [2.75, 3.05) is 18.0 Å². The first kappa shape index (κ1) is 25.7. The molecule has 1 aromatic carbocycles. The average molecular weight is 432 g/mol. The molecule has 0 amide bonds. The summed E-state index contributed by atoms with van der Waals surface area (Å²) in [5, 5.41) is 15.2. The number of anilines is 1. The highest BCUT2D eigenvalue weighted by Gasteiger charge is 2.18. The summed E-state index contributed by atoms with van der Waals surface area (Å²) in [6, 6.07) is 4.18. The SMILES string of the molecule is C=S(N)/N=C(/C)c1cc(C)cc2c1nc(N(CC)CCC)n1cnnc21.CC.CC. The van der Waals surface area contributed by atoms with Gasteiger partial charge in [0.25, 0.3) is 0 Å². The number of aromatic nitrogens is 4. The van der Waals surface area contributed by atoms with Gasteiger partial charge in [0.1, 0.15) is 6.33 Å². The minimum atomic E-state index is -0.767. The maximum atomic E-state index is 5.80. The van der Waals surface area contributed by atoms with Gasteiger partial charge in [-0.05, 0) is 61.6 Å². The Bertz CT molecular complexity index is 1010. The molecule has 1 unspecified atom stereocenters. The fourth-order valence-electron chi connectivity index (χ4n) is 3.18. The molecule has 0 spiro atoms. The largest absolute Gasteiger partial charge is 0.342 e. The lowest BCUT2D eigenvalue weighted by Crippen LogP contribution is -2.27. The van der Waals surface area contributed by atoms with Crippen LogP contribution in [0.2, 0.25) is 0 Å². The van der Waals surface area contributed by atoms with Gasteiger partial charge in [-0.15, -0.1) is 10.2 Å². The molecule has 166 valence electrons. The van der Waals surface area contributed by atoms with Crippen molar-refractivity contribution in [2.24, 2.45) is 9.54 Å². The monoisotopic (exact) mass is 431 g/mol. The van der Waals surface area contributed by atoms with E-state index in [2.05, 4.69) is 58.3 Å². The van der Waals surface area contributed by atoms with E-state index in [1.54, 1.807) is 6.33 Å². The van der Waals surface area contributed by atoms with Gasteiger partial charge in [0.2, 0.25) is 5.95 Å². The molecular formula is C22H37N7S. The predicted molar refractivity (Wildman–Crippen MR) is 135 cm³/mol. The first-order chi connectivity index (χ1) is 14.5. The number of nitrogens with zero attached hydrogens (tertiary/aromatic N) is 6. The van der Waals surface area contributed by atoms with E-state index in [0.29, 0.717) is 0 Å². The van der Waals surface area contributed by atoms with Crippen molar-refractivity contribution in [2.45, 2.75) is 61.8 Å². The summed E-state index contributed by atoms with van der Waals surface area (Å²) in [7, 11) is -0.767. The Labute approximate surface area is 183 Å². The van der Waals surface area contributed by atoms with Crippen LogP contribution in [0.25, 0.3) is 16.6 Å². The summed E-state index contributed by atoms with van der Waals surface area (Å²) in [6.45, 7) is 18.1. The molecule has 0 saturated heterocycles. The molecule has 3 aromatic rings. The van der Waals surface area contributed by atoms with Crippen LogP contribution in [-0.4, -0.2) is 44.3 Å². The van der Waals surface area contributed by atoms with Crippen LogP contribution in [0, 0.1) is 6.92 Å². The summed E-state index contributed by atoms with van der Waals surface area (Å²) < 4.78 is 6.42. The first-order valence-corrected chi connectivity index (χ1v) is 12.1. The van der Waals surface area contributed by atoms with E-state index < -0.39 is 10.9 Å². The number of rotatable bonds is 6. The molecule has 0 aliphatic carbocycles.